The van der Waals surface area contributed by atoms with Gasteiger partial charge in [0.2, 0.25) is 5.60 Å². The maximum atomic E-state index is 14.6. The topological polar surface area (TPSA) is 239 Å². The SMILES string of the molecule is CCC(CC)COC(=O)[C@H](C)NP(=O)(N[C@@H](C)C(=O)OCC(CC)CC)OC[C@H]1O[C@@](C#N)(c2ccc3c(N)ncnn23)[C@](C)(O)[C@@H]1OC(=O)C(C)C. The highest BCUT2D eigenvalue weighted by Gasteiger charge is 2.67. The third-order valence-corrected chi connectivity index (χ3v) is 11.7. The van der Waals surface area contributed by atoms with Gasteiger partial charge >= 0.3 is 25.6 Å². The van der Waals surface area contributed by atoms with E-state index in [-0.39, 0.29) is 36.6 Å². The van der Waals surface area contributed by atoms with Crippen LogP contribution in [0.4, 0.5) is 5.82 Å². The van der Waals surface area contributed by atoms with E-state index in [2.05, 4.69) is 20.3 Å². The van der Waals surface area contributed by atoms with Gasteiger partial charge in [0.25, 0.3) is 0 Å². The summed E-state index contributed by atoms with van der Waals surface area (Å²) in [4.78, 5) is 43.0. The first-order valence-corrected chi connectivity index (χ1v) is 19.8. The highest BCUT2D eigenvalue weighted by molar-refractivity contribution is 7.54. The Balaban J connectivity index is 1.99. The number of aliphatic hydroxyl groups is 1. The van der Waals surface area contributed by atoms with E-state index in [4.69, 9.17) is 29.2 Å². The number of nitrogens with one attached hydrogen (secondary N) is 2. The Hall–Kier alpha value is -3.65. The molecular formula is C35H56N7O10P. The number of nitriles is 1. The van der Waals surface area contributed by atoms with Gasteiger partial charge in [0, 0.05) is 0 Å². The second-order valence-corrected chi connectivity index (χ2v) is 15.8. The van der Waals surface area contributed by atoms with Gasteiger partial charge in [-0.1, -0.05) is 67.2 Å². The van der Waals surface area contributed by atoms with Crippen LogP contribution in [0.1, 0.15) is 93.7 Å². The Kier molecular flexibility index (Phi) is 15.4. The predicted molar refractivity (Wildman–Crippen MR) is 194 cm³/mol. The molecule has 0 spiro atoms. The predicted octanol–water partition coefficient (Wildman–Crippen LogP) is 3.79. The summed E-state index contributed by atoms with van der Waals surface area (Å²) in [5, 5.41) is 32.3. The van der Waals surface area contributed by atoms with Crippen molar-refractivity contribution in [3.8, 4) is 6.07 Å². The minimum Gasteiger partial charge on any atom is -0.464 e. The van der Waals surface area contributed by atoms with Crippen LogP contribution in [0.25, 0.3) is 5.52 Å². The Morgan fingerprint density at radius 1 is 1.00 bits per heavy atom. The number of rotatable bonds is 20. The molecule has 17 nitrogen and oxygen atoms in total. The van der Waals surface area contributed by atoms with Crippen molar-refractivity contribution in [1.29, 1.82) is 5.26 Å². The second kappa shape index (κ2) is 18.6. The second-order valence-electron chi connectivity index (χ2n) is 13.9. The van der Waals surface area contributed by atoms with Gasteiger partial charge in [0.15, 0.2) is 11.9 Å². The molecule has 2 aromatic heterocycles. The van der Waals surface area contributed by atoms with Gasteiger partial charge in [0.1, 0.15) is 41.7 Å². The number of nitrogen functional groups attached to an aromatic ring is 1. The summed E-state index contributed by atoms with van der Waals surface area (Å²) in [5.74, 6) is -2.41. The van der Waals surface area contributed by atoms with Crippen molar-refractivity contribution in [3.63, 3.8) is 0 Å². The van der Waals surface area contributed by atoms with Crippen molar-refractivity contribution in [2.24, 2.45) is 17.8 Å². The molecule has 5 N–H and O–H groups in total. The average molecular weight is 766 g/mol. The fourth-order valence-corrected chi connectivity index (χ4v) is 7.69. The van der Waals surface area contributed by atoms with E-state index in [0.29, 0.717) is 5.52 Å². The largest absolute Gasteiger partial charge is 0.464 e. The standard InChI is InChI=1S/C35H56N7O10P/c1-10-24(11-2)16-48-32(44)22(7)40-53(47,41-23(8)33(45)49-17-25(12-3)13-4)50-18-27-29(51-31(43)21(5)6)34(9,46)35(19-36,52-27)28-15-14-26-30(37)38-20-39-42(26)28/h14-15,20-25,27,29,46H,10-13,16-18H2,1-9H3,(H2,37,38,39)(H2,40,41,47)/t22-,23-,27+,29+,34+,35-/m0/s1. The van der Waals surface area contributed by atoms with Crippen LogP contribution < -0.4 is 15.9 Å². The first kappa shape index (κ1) is 43.8. The van der Waals surface area contributed by atoms with Crippen molar-refractivity contribution in [1.82, 2.24) is 24.8 Å². The number of fused-ring (bicyclic) bond motifs is 1. The Morgan fingerprint density at radius 3 is 2.00 bits per heavy atom. The Morgan fingerprint density at radius 2 is 1.53 bits per heavy atom. The van der Waals surface area contributed by atoms with Crippen LogP contribution in [0, 0.1) is 29.1 Å². The third kappa shape index (κ3) is 9.92. The number of anilines is 1. The van der Waals surface area contributed by atoms with Gasteiger partial charge in [-0.15, -0.1) is 0 Å². The molecule has 0 radical (unpaired) electrons. The molecule has 0 bridgehead atoms. The van der Waals surface area contributed by atoms with Crippen molar-refractivity contribution in [2.75, 3.05) is 25.6 Å². The molecule has 53 heavy (non-hydrogen) atoms. The van der Waals surface area contributed by atoms with Crippen molar-refractivity contribution >= 4 is 36.9 Å². The van der Waals surface area contributed by atoms with Crippen molar-refractivity contribution in [2.45, 2.75) is 123 Å². The van der Waals surface area contributed by atoms with Gasteiger partial charge in [-0.2, -0.15) is 10.4 Å². The van der Waals surface area contributed by atoms with E-state index in [9.17, 15) is 29.3 Å². The molecule has 3 rings (SSSR count). The van der Waals surface area contributed by atoms with Crippen LogP contribution in [0.5, 0.6) is 0 Å². The number of hydrogen-bond donors (Lipinski definition) is 4. The smallest absolute Gasteiger partial charge is 0.342 e. The van der Waals surface area contributed by atoms with E-state index < -0.39 is 73.6 Å². The molecule has 0 unspecified atom stereocenters. The quantitative estimate of drug-likeness (QED) is 0.0852. The molecular weight excluding hydrogens is 709 g/mol. The molecule has 0 aromatic carbocycles. The molecule has 2 aromatic rings. The molecule has 6 atom stereocenters. The Bertz CT molecular complexity index is 1610. The van der Waals surface area contributed by atoms with Crippen LogP contribution in [0.2, 0.25) is 0 Å². The van der Waals surface area contributed by atoms with E-state index in [1.54, 1.807) is 13.8 Å². The monoisotopic (exact) mass is 765 g/mol. The molecule has 296 valence electrons. The third-order valence-electron chi connectivity index (χ3n) is 9.73. The molecule has 1 aliphatic heterocycles. The lowest BCUT2D eigenvalue weighted by Crippen LogP contribution is -2.54. The summed E-state index contributed by atoms with van der Waals surface area (Å²) < 4.78 is 44.8. The molecule has 0 aliphatic carbocycles. The van der Waals surface area contributed by atoms with Gasteiger partial charge < -0.3 is 34.3 Å². The van der Waals surface area contributed by atoms with Gasteiger partial charge in [-0.25, -0.2) is 19.7 Å². The van der Waals surface area contributed by atoms with E-state index in [0.717, 1.165) is 25.7 Å². The Labute approximate surface area is 311 Å². The zero-order valence-corrected chi connectivity index (χ0v) is 33.1. The molecule has 0 saturated carbocycles. The number of nitrogens with zero attached hydrogens (tertiary/aromatic N) is 4. The van der Waals surface area contributed by atoms with Crippen molar-refractivity contribution < 1.29 is 47.5 Å². The normalized spacial score (nSPS) is 22.9. The van der Waals surface area contributed by atoms with Gasteiger partial charge in [-0.3, -0.25) is 18.9 Å². The maximum absolute atomic E-state index is 14.6. The number of carbonyl (C=O) groups is 3. The number of carbonyl (C=O) groups excluding carboxylic acids is 3. The number of aromatic nitrogens is 3. The van der Waals surface area contributed by atoms with E-state index in [1.165, 1.54) is 43.7 Å². The fraction of sp³-hybridized carbons (Fsp3) is 0.714. The zero-order valence-electron chi connectivity index (χ0n) is 32.2. The van der Waals surface area contributed by atoms with Crippen LogP contribution >= 0.6 is 7.67 Å². The summed E-state index contributed by atoms with van der Waals surface area (Å²) in [6.07, 6.45) is 1.36. The van der Waals surface area contributed by atoms with Crippen LogP contribution in [0.15, 0.2) is 18.5 Å². The molecule has 1 saturated heterocycles. The lowest BCUT2D eigenvalue weighted by Gasteiger charge is -2.34. The highest BCUT2D eigenvalue weighted by atomic mass is 31.2. The number of hydrogen-bond acceptors (Lipinski definition) is 14. The van der Waals surface area contributed by atoms with Crippen molar-refractivity contribution in [3.05, 3.63) is 24.2 Å². The fourth-order valence-electron chi connectivity index (χ4n) is 5.88. The zero-order chi connectivity index (χ0) is 39.7. The first-order chi connectivity index (χ1) is 24.9. The molecule has 0 amide bonds. The molecule has 3 heterocycles. The maximum Gasteiger partial charge on any atom is 0.342 e. The van der Waals surface area contributed by atoms with Crippen LogP contribution in [-0.4, -0.2) is 87.3 Å². The number of esters is 3. The van der Waals surface area contributed by atoms with Crippen LogP contribution in [-0.2, 0) is 48.0 Å². The average Bonchev–Trinajstić information content (AvgIpc) is 3.65. The van der Waals surface area contributed by atoms with E-state index >= 15 is 0 Å². The number of nitrogens with two attached hydrogens (primary N) is 1. The lowest BCUT2D eigenvalue weighted by atomic mass is 9.80. The highest BCUT2D eigenvalue weighted by Crippen LogP contribution is 2.50. The summed E-state index contributed by atoms with van der Waals surface area (Å²) in [7, 11) is -4.42. The lowest BCUT2D eigenvalue weighted by molar-refractivity contribution is -0.168. The minimum atomic E-state index is -4.42. The van der Waals surface area contributed by atoms with Gasteiger partial charge in [-0.05, 0) is 44.7 Å². The molecule has 18 heteroatoms. The van der Waals surface area contributed by atoms with E-state index in [1.807, 2.05) is 33.8 Å². The van der Waals surface area contributed by atoms with Gasteiger partial charge in [0.05, 0.1) is 31.4 Å². The summed E-state index contributed by atoms with van der Waals surface area (Å²) in [6.45, 7) is 14.9. The number of ether oxygens (including phenoxy) is 4. The molecule has 1 fully saturated rings. The van der Waals surface area contributed by atoms with Crippen LogP contribution in [0.3, 0.4) is 0 Å². The summed E-state index contributed by atoms with van der Waals surface area (Å²) in [6, 6.07) is 2.68. The first-order valence-electron chi connectivity index (χ1n) is 18.2. The minimum absolute atomic E-state index is 0.0456. The summed E-state index contributed by atoms with van der Waals surface area (Å²) >= 11 is 0. The summed E-state index contributed by atoms with van der Waals surface area (Å²) in [5.41, 5.74) is 1.90. The molecule has 1 aliphatic rings.